The third-order valence-corrected chi connectivity index (χ3v) is 10.0. The molecule has 0 heterocycles. The van der Waals surface area contributed by atoms with Crippen LogP contribution < -0.4 is 0 Å². The zero-order chi connectivity index (χ0) is 18.8. The van der Waals surface area contributed by atoms with E-state index in [0.29, 0.717) is 23.5 Å². The molecule has 0 saturated heterocycles. The molecule has 2 heteroatoms. The van der Waals surface area contributed by atoms with Crippen molar-refractivity contribution in [1.29, 1.82) is 0 Å². The van der Waals surface area contributed by atoms with E-state index in [1.165, 1.54) is 50.4 Å². The van der Waals surface area contributed by atoms with Crippen molar-refractivity contribution in [3.63, 3.8) is 0 Å². The van der Waals surface area contributed by atoms with E-state index < -0.39 is 0 Å². The quantitative estimate of drug-likeness (QED) is 0.469. The molecule has 5 rings (SSSR count). The number of aldehydes is 1. The second kappa shape index (κ2) is 6.56. The number of fused-ring (bicyclic) bond motifs is 7. The van der Waals surface area contributed by atoms with Crippen molar-refractivity contribution in [1.82, 2.24) is 0 Å². The lowest BCUT2D eigenvalue weighted by Crippen LogP contribution is -2.52. The van der Waals surface area contributed by atoms with E-state index in [-0.39, 0.29) is 5.41 Å². The molecule has 9 atom stereocenters. The van der Waals surface area contributed by atoms with Crippen LogP contribution in [-0.2, 0) is 9.59 Å². The number of allylic oxidation sites excluding steroid dienone is 1. The fourth-order valence-electron chi connectivity index (χ4n) is 9.05. The maximum Gasteiger partial charge on any atom is 0.133 e. The minimum absolute atomic E-state index is 0.0356. The molecule has 5 fully saturated rings. The van der Waals surface area contributed by atoms with Crippen LogP contribution in [0.5, 0.6) is 0 Å². The third kappa shape index (κ3) is 2.64. The first-order chi connectivity index (χ1) is 13.0. The van der Waals surface area contributed by atoms with Gasteiger partial charge >= 0.3 is 0 Å². The lowest BCUT2D eigenvalue weighted by atomic mass is 9.46. The van der Waals surface area contributed by atoms with Gasteiger partial charge in [0.1, 0.15) is 12.1 Å². The number of hydrogen-bond acceptors (Lipinski definition) is 2. The SMILES string of the molecule is C=C(C)C1CCC2(C=O)CCC3C4CCC5CC(=O)CCC5C4CCC3C12. The molecule has 0 aromatic heterocycles. The number of Topliss-reactive ketones (excluding diaryl/α,β-unsaturated/α-hetero) is 1. The van der Waals surface area contributed by atoms with E-state index in [4.69, 9.17) is 0 Å². The van der Waals surface area contributed by atoms with Gasteiger partial charge in [-0.2, -0.15) is 0 Å². The van der Waals surface area contributed by atoms with Gasteiger partial charge < -0.3 is 4.79 Å². The number of ketones is 1. The molecular weight excluding hydrogens is 332 g/mol. The van der Waals surface area contributed by atoms with Gasteiger partial charge in [-0.25, -0.2) is 0 Å². The Labute approximate surface area is 164 Å². The maximum atomic E-state index is 12.2. The van der Waals surface area contributed by atoms with Gasteiger partial charge in [0.05, 0.1) is 0 Å². The molecule has 0 N–H and O–H groups in total. The zero-order valence-corrected chi connectivity index (χ0v) is 17.0. The van der Waals surface area contributed by atoms with Crippen molar-refractivity contribution in [2.75, 3.05) is 0 Å². The number of rotatable bonds is 2. The molecule has 5 saturated carbocycles. The van der Waals surface area contributed by atoms with Gasteiger partial charge in [0.25, 0.3) is 0 Å². The summed E-state index contributed by atoms with van der Waals surface area (Å²) in [5.41, 5.74) is 1.28. The Morgan fingerprint density at radius 2 is 1.59 bits per heavy atom. The van der Waals surface area contributed by atoms with Crippen molar-refractivity contribution < 1.29 is 9.59 Å². The predicted molar refractivity (Wildman–Crippen MR) is 107 cm³/mol. The first-order valence-corrected chi connectivity index (χ1v) is 11.7. The molecule has 148 valence electrons. The monoisotopic (exact) mass is 368 g/mol. The Balaban J connectivity index is 1.42. The molecule has 2 nitrogen and oxygen atoms in total. The molecule has 0 aromatic rings. The van der Waals surface area contributed by atoms with Crippen LogP contribution in [0.15, 0.2) is 12.2 Å². The lowest BCUT2D eigenvalue weighted by molar-refractivity contribution is -0.135. The molecule has 0 spiro atoms. The van der Waals surface area contributed by atoms with E-state index in [1.807, 2.05) is 0 Å². The van der Waals surface area contributed by atoms with Crippen LogP contribution in [0.2, 0.25) is 0 Å². The molecule has 5 aliphatic rings. The summed E-state index contributed by atoms with van der Waals surface area (Å²) in [6, 6.07) is 0. The summed E-state index contributed by atoms with van der Waals surface area (Å²) in [7, 11) is 0. The molecule has 5 aliphatic carbocycles. The first-order valence-electron chi connectivity index (χ1n) is 11.7. The summed E-state index contributed by atoms with van der Waals surface area (Å²) in [6.45, 7) is 6.53. The fourth-order valence-corrected chi connectivity index (χ4v) is 9.05. The minimum atomic E-state index is -0.0356. The highest BCUT2D eigenvalue weighted by Crippen LogP contribution is 2.65. The summed E-state index contributed by atoms with van der Waals surface area (Å²) in [6.07, 6.45) is 14.2. The first kappa shape index (κ1) is 18.1. The Bertz CT molecular complexity index is 651. The molecule has 9 unspecified atom stereocenters. The smallest absolute Gasteiger partial charge is 0.133 e. The lowest BCUT2D eigenvalue weighted by Gasteiger charge is -2.58. The van der Waals surface area contributed by atoms with E-state index in [1.54, 1.807) is 0 Å². The average molecular weight is 369 g/mol. The number of carbonyl (C=O) groups is 2. The number of carbonyl (C=O) groups excluding carboxylic acids is 2. The van der Waals surface area contributed by atoms with Crippen LogP contribution in [0.25, 0.3) is 0 Å². The third-order valence-electron chi connectivity index (χ3n) is 10.0. The Morgan fingerprint density at radius 3 is 2.37 bits per heavy atom. The average Bonchev–Trinajstić information content (AvgIpc) is 3.07. The van der Waals surface area contributed by atoms with E-state index in [2.05, 4.69) is 13.5 Å². The Hall–Kier alpha value is -0.920. The second-order valence-corrected chi connectivity index (χ2v) is 10.9. The number of hydrogen-bond donors (Lipinski definition) is 0. The van der Waals surface area contributed by atoms with Gasteiger partial charge in [-0.15, -0.1) is 0 Å². The topological polar surface area (TPSA) is 34.1 Å². The summed E-state index contributed by atoms with van der Waals surface area (Å²) in [5.74, 6) is 6.49. The molecule has 0 amide bonds. The van der Waals surface area contributed by atoms with Crippen LogP contribution in [0.1, 0.15) is 77.6 Å². The van der Waals surface area contributed by atoms with Crippen LogP contribution in [0.4, 0.5) is 0 Å². The summed E-state index contributed by atoms with van der Waals surface area (Å²) in [4.78, 5) is 24.2. The highest BCUT2D eigenvalue weighted by molar-refractivity contribution is 5.79. The van der Waals surface area contributed by atoms with Gasteiger partial charge in [0.15, 0.2) is 0 Å². The molecular formula is C25H36O2. The standard InChI is InChI=1S/C25H36O2/c1-15(2)18-9-11-25(14-26)12-10-22-21-5-3-16-13-17(27)4-6-19(16)20(21)7-8-23(22)24(18)25/h14,16,18-24H,1,3-13H2,2H3. The highest BCUT2D eigenvalue weighted by Gasteiger charge is 2.59. The predicted octanol–water partition coefficient (Wildman–Crippen LogP) is 5.61. The van der Waals surface area contributed by atoms with E-state index in [0.717, 1.165) is 61.7 Å². The highest BCUT2D eigenvalue weighted by atomic mass is 16.1. The van der Waals surface area contributed by atoms with Crippen molar-refractivity contribution >= 4 is 12.1 Å². The molecule has 0 radical (unpaired) electrons. The van der Waals surface area contributed by atoms with Gasteiger partial charge in [-0.1, -0.05) is 12.2 Å². The molecule has 27 heavy (non-hydrogen) atoms. The largest absolute Gasteiger partial charge is 0.303 e. The van der Waals surface area contributed by atoms with Gasteiger partial charge in [-0.3, -0.25) is 4.79 Å². The molecule has 0 aliphatic heterocycles. The van der Waals surface area contributed by atoms with Crippen LogP contribution >= 0.6 is 0 Å². The van der Waals surface area contributed by atoms with Crippen molar-refractivity contribution in [2.45, 2.75) is 77.6 Å². The summed E-state index contributed by atoms with van der Waals surface area (Å²) in [5, 5.41) is 0. The normalized spacial score (nSPS) is 51.5. The fraction of sp³-hybridized carbons (Fsp3) is 0.840. The van der Waals surface area contributed by atoms with E-state index >= 15 is 0 Å². The van der Waals surface area contributed by atoms with Gasteiger partial charge in [0.2, 0.25) is 0 Å². The summed E-state index contributed by atoms with van der Waals surface area (Å²) >= 11 is 0. The maximum absolute atomic E-state index is 12.2. The van der Waals surface area contributed by atoms with Gasteiger partial charge in [0, 0.05) is 18.3 Å². The second-order valence-electron chi connectivity index (χ2n) is 10.9. The Kier molecular flexibility index (Phi) is 4.41. The van der Waals surface area contributed by atoms with E-state index in [9.17, 15) is 9.59 Å². The van der Waals surface area contributed by atoms with Crippen LogP contribution in [0.3, 0.4) is 0 Å². The van der Waals surface area contributed by atoms with Crippen LogP contribution in [-0.4, -0.2) is 12.1 Å². The van der Waals surface area contributed by atoms with Crippen LogP contribution in [0, 0.1) is 52.8 Å². The van der Waals surface area contributed by atoms with Crippen molar-refractivity contribution in [2.24, 2.45) is 52.8 Å². The molecule has 0 aromatic carbocycles. The zero-order valence-electron chi connectivity index (χ0n) is 17.0. The minimum Gasteiger partial charge on any atom is -0.303 e. The Morgan fingerprint density at radius 1 is 0.926 bits per heavy atom. The van der Waals surface area contributed by atoms with Gasteiger partial charge in [-0.05, 0) is 112 Å². The van der Waals surface area contributed by atoms with Crippen molar-refractivity contribution in [3.8, 4) is 0 Å². The molecule has 0 bridgehead atoms. The van der Waals surface area contributed by atoms with Crippen molar-refractivity contribution in [3.05, 3.63) is 12.2 Å². The summed E-state index contributed by atoms with van der Waals surface area (Å²) < 4.78 is 0.